The van der Waals surface area contributed by atoms with Crippen molar-refractivity contribution >= 4 is 5.78 Å². The predicted octanol–water partition coefficient (Wildman–Crippen LogP) is 4.07. The summed E-state index contributed by atoms with van der Waals surface area (Å²) in [6, 6.07) is 3.50. The molecule has 1 atom stereocenters. The van der Waals surface area contributed by atoms with Crippen molar-refractivity contribution in [2.45, 2.75) is 46.0 Å². The van der Waals surface area contributed by atoms with E-state index in [1.165, 1.54) is 19.3 Å². The van der Waals surface area contributed by atoms with Gasteiger partial charge >= 0.3 is 0 Å². The van der Waals surface area contributed by atoms with Crippen molar-refractivity contribution in [2.24, 2.45) is 5.92 Å². The molecule has 1 unspecified atom stereocenters. The zero-order valence-corrected chi connectivity index (χ0v) is 9.66. The second-order valence-corrected chi connectivity index (χ2v) is 4.21. The molecule has 1 aromatic heterocycles. The Morgan fingerprint density at radius 3 is 2.87 bits per heavy atom. The van der Waals surface area contributed by atoms with E-state index in [0.717, 1.165) is 6.42 Å². The molecule has 15 heavy (non-hydrogen) atoms. The van der Waals surface area contributed by atoms with Crippen molar-refractivity contribution in [3.8, 4) is 0 Å². The van der Waals surface area contributed by atoms with Crippen LogP contribution in [0.3, 0.4) is 0 Å². The van der Waals surface area contributed by atoms with Gasteiger partial charge in [-0.2, -0.15) is 0 Å². The minimum absolute atomic E-state index is 0.129. The molecule has 0 spiro atoms. The Morgan fingerprint density at radius 2 is 2.27 bits per heavy atom. The molecule has 0 saturated heterocycles. The quantitative estimate of drug-likeness (QED) is 0.499. The molecule has 0 aliphatic heterocycles. The maximum Gasteiger partial charge on any atom is 0.198 e. The normalized spacial score (nSPS) is 12.7. The predicted molar refractivity (Wildman–Crippen MR) is 61.0 cm³/mol. The van der Waals surface area contributed by atoms with Crippen LogP contribution in [0.2, 0.25) is 0 Å². The van der Waals surface area contributed by atoms with E-state index in [-0.39, 0.29) is 5.78 Å². The van der Waals surface area contributed by atoms with E-state index in [2.05, 4.69) is 13.8 Å². The average Bonchev–Trinajstić information content (AvgIpc) is 2.70. The zero-order valence-electron chi connectivity index (χ0n) is 9.66. The maximum absolute atomic E-state index is 11.7. The lowest BCUT2D eigenvalue weighted by molar-refractivity contribution is 0.0935. The molecule has 2 nitrogen and oxygen atoms in total. The van der Waals surface area contributed by atoms with Crippen molar-refractivity contribution in [3.63, 3.8) is 0 Å². The summed E-state index contributed by atoms with van der Waals surface area (Å²) in [5.41, 5.74) is 0. The Labute approximate surface area is 91.7 Å². The van der Waals surface area contributed by atoms with Crippen LogP contribution < -0.4 is 0 Å². The van der Waals surface area contributed by atoms with Crippen molar-refractivity contribution < 1.29 is 9.21 Å². The van der Waals surface area contributed by atoms with Gasteiger partial charge in [-0.05, 0) is 18.1 Å². The Bertz CT molecular complexity index is 275. The summed E-state index contributed by atoms with van der Waals surface area (Å²) in [5, 5.41) is 0. The SMILES string of the molecule is CCCCCC(C)CC(=O)c1ccco1. The third kappa shape index (κ3) is 4.32. The van der Waals surface area contributed by atoms with E-state index in [1.54, 1.807) is 18.4 Å². The van der Waals surface area contributed by atoms with E-state index >= 15 is 0 Å². The molecule has 1 aromatic rings. The number of hydrogen-bond donors (Lipinski definition) is 0. The minimum Gasteiger partial charge on any atom is -0.461 e. The van der Waals surface area contributed by atoms with Gasteiger partial charge in [0, 0.05) is 6.42 Å². The van der Waals surface area contributed by atoms with Gasteiger partial charge in [-0.15, -0.1) is 0 Å². The Morgan fingerprint density at radius 1 is 1.47 bits per heavy atom. The number of hydrogen-bond acceptors (Lipinski definition) is 2. The Hall–Kier alpha value is -1.05. The van der Waals surface area contributed by atoms with Gasteiger partial charge in [-0.25, -0.2) is 0 Å². The van der Waals surface area contributed by atoms with Crippen molar-refractivity contribution in [1.29, 1.82) is 0 Å². The average molecular weight is 208 g/mol. The summed E-state index contributed by atoms with van der Waals surface area (Å²) >= 11 is 0. The van der Waals surface area contributed by atoms with Gasteiger partial charge in [0.2, 0.25) is 0 Å². The smallest absolute Gasteiger partial charge is 0.198 e. The maximum atomic E-state index is 11.7. The fourth-order valence-corrected chi connectivity index (χ4v) is 1.70. The first-order valence-corrected chi connectivity index (χ1v) is 5.80. The van der Waals surface area contributed by atoms with Gasteiger partial charge < -0.3 is 4.42 Å². The third-order valence-corrected chi connectivity index (χ3v) is 2.63. The van der Waals surface area contributed by atoms with Gasteiger partial charge in [-0.1, -0.05) is 39.5 Å². The van der Waals surface area contributed by atoms with Crippen LogP contribution in [0.25, 0.3) is 0 Å². The van der Waals surface area contributed by atoms with Crippen LogP contribution in [0, 0.1) is 5.92 Å². The van der Waals surface area contributed by atoms with Crippen LogP contribution in [-0.2, 0) is 0 Å². The summed E-state index contributed by atoms with van der Waals surface area (Å²) in [5.74, 6) is 1.09. The van der Waals surface area contributed by atoms with Gasteiger partial charge in [0.15, 0.2) is 11.5 Å². The third-order valence-electron chi connectivity index (χ3n) is 2.63. The highest BCUT2D eigenvalue weighted by molar-refractivity contribution is 5.93. The van der Waals surface area contributed by atoms with E-state index in [1.807, 2.05) is 0 Å². The molecule has 1 heterocycles. The Balaban J connectivity index is 2.26. The van der Waals surface area contributed by atoms with Gasteiger partial charge in [0.25, 0.3) is 0 Å². The largest absolute Gasteiger partial charge is 0.461 e. The van der Waals surface area contributed by atoms with Crippen molar-refractivity contribution in [1.82, 2.24) is 0 Å². The molecule has 0 N–H and O–H groups in total. The lowest BCUT2D eigenvalue weighted by Gasteiger charge is -2.08. The Kier molecular flexibility index (Phi) is 5.16. The fourth-order valence-electron chi connectivity index (χ4n) is 1.70. The summed E-state index contributed by atoms with van der Waals surface area (Å²) in [4.78, 5) is 11.7. The van der Waals surface area contributed by atoms with Crippen LogP contribution in [0.15, 0.2) is 22.8 Å². The van der Waals surface area contributed by atoms with Crippen LogP contribution in [0.5, 0.6) is 0 Å². The number of carbonyl (C=O) groups excluding carboxylic acids is 1. The van der Waals surface area contributed by atoms with Crippen molar-refractivity contribution in [2.75, 3.05) is 0 Å². The van der Waals surface area contributed by atoms with Gasteiger partial charge in [0.05, 0.1) is 6.26 Å². The number of carbonyl (C=O) groups is 1. The highest BCUT2D eigenvalue weighted by Crippen LogP contribution is 2.16. The molecular weight excluding hydrogens is 188 g/mol. The molecule has 0 fully saturated rings. The number of ketones is 1. The number of unbranched alkanes of at least 4 members (excludes halogenated alkanes) is 2. The second kappa shape index (κ2) is 6.44. The molecule has 0 amide bonds. The van der Waals surface area contributed by atoms with Crippen LogP contribution in [-0.4, -0.2) is 5.78 Å². The van der Waals surface area contributed by atoms with E-state index < -0.39 is 0 Å². The van der Waals surface area contributed by atoms with E-state index in [9.17, 15) is 4.79 Å². The highest BCUT2D eigenvalue weighted by Gasteiger charge is 2.12. The molecular formula is C13H20O2. The van der Waals surface area contributed by atoms with Crippen LogP contribution >= 0.6 is 0 Å². The first-order valence-electron chi connectivity index (χ1n) is 5.80. The standard InChI is InChI=1S/C13H20O2/c1-3-4-5-7-11(2)10-12(14)13-8-6-9-15-13/h6,8-9,11H,3-5,7,10H2,1-2H3. The lowest BCUT2D eigenvalue weighted by atomic mass is 9.97. The highest BCUT2D eigenvalue weighted by atomic mass is 16.3. The summed E-state index contributed by atoms with van der Waals surface area (Å²) < 4.78 is 5.07. The lowest BCUT2D eigenvalue weighted by Crippen LogP contribution is -2.05. The first-order chi connectivity index (χ1) is 7.24. The summed E-state index contributed by atoms with van der Waals surface area (Å²) in [7, 11) is 0. The molecule has 84 valence electrons. The molecule has 1 rings (SSSR count). The molecule has 0 aliphatic rings. The second-order valence-electron chi connectivity index (χ2n) is 4.21. The van der Waals surface area contributed by atoms with Gasteiger partial charge in [0.1, 0.15) is 0 Å². The molecule has 2 heteroatoms. The minimum atomic E-state index is 0.129. The molecule has 0 saturated carbocycles. The number of Topliss-reactive ketones (excluding diaryl/α,β-unsaturated/α-hetero) is 1. The molecule has 0 aliphatic carbocycles. The molecule has 0 aromatic carbocycles. The first kappa shape index (κ1) is 12.0. The number of furan rings is 1. The molecule has 0 radical (unpaired) electrons. The molecule has 0 bridgehead atoms. The fraction of sp³-hybridized carbons (Fsp3) is 0.615. The number of rotatable bonds is 7. The van der Waals surface area contributed by atoms with Gasteiger partial charge in [-0.3, -0.25) is 4.79 Å². The van der Waals surface area contributed by atoms with E-state index in [4.69, 9.17) is 4.42 Å². The monoisotopic (exact) mass is 208 g/mol. The topological polar surface area (TPSA) is 30.2 Å². The summed E-state index contributed by atoms with van der Waals surface area (Å²) in [6.45, 7) is 4.33. The van der Waals surface area contributed by atoms with E-state index in [0.29, 0.717) is 18.1 Å². The summed E-state index contributed by atoms with van der Waals surface area (Å²) in [6.07, 6.45) is 7.02. The zero-order chi connectivity index (χ0) is 11.1. The van der Waals surface area contributed by atoms with Crippen LogP contribution in [0.1, 0.15) is 56.5 Å². The van der Waals surface area contributed by atoms with Crippen molar-refractivity contribution in [3.05, 3.63) is 24.2 Å². The van der Waals surface area contributed by atoms with Crippen LogP contribution in [0.4, 0.5) is 0 Å².